The molecule has 0 unspecified atom stereocenters. The first-order chi connectivity index (χ1) is 12.4. The number of anilines is 2. The number of aryl methyl sites for hydroxylation is 1. The van der Waals surface area contributed by atoms with Crippen molar-refractivity contribution in [2.24, 2.45) is 5.92 Å². The van der Waals surface area contributed by atoms with Crippen LogP contribution in [-0.4, -0.2) is 25.3 Å². The number of nitrogens with zero attached hydrogens (tertiary/aromatic N) is 1. The van der Waals surface area contributed by atoms with Crippen LogP contribution >= 0.6 is 15.9 Å². The summed E-state index contributed by atoms with van der Waals surface area (Å²) in [5, 5.41) is 2.61. The number of nitrogens with one attached hydrogen (secondary N) is 2. The van der Waals surface area contributed by atoms with Crippen molar-refractivity contribution in [1.82, 2.24) is 10.5 Å². The summed E-state index contributed by atoms with van der Waals surface area (Å²) in [5.74, 6) is -2.52. The van der Waals surface area contributed by atoms with Crippen LogP contribution in [0.2, 0.25) is 0 Å². The van der Waals surface area contributed by atoms with Gasteiger partial charge in [-0.2, -0.15) is 0 Å². The normalized spacial score (nSPS) is 13.5. The number of halogens is 3. The minimum Gasteiger partial charge on any atom is -0.338 e. The van der Waals surface area contributed by atoms with Crippen molar-refractivity contribution < 1.29 is 18.4 Å². The van der Waals surface area contributed by atoms with Gasteiger partial charge in [-0.05, 0) is 53.2 Å². The largest absolute Gasteiger partial charge is 0.338 e. The lowest BCUT2D eigenvalue weighted by Crippen LogP contribution is -2.26. The van der Waals surface area contributed by atoms with Crippen molar-refractivity contribution >= 4 is 46.7 Å². The molecule has 2 radical (unpaired) electrons. The van der Waals surface area contributed by atoms with E-state index in [1.807, 2.05) is 0 Å². The number of benzene rings is 1. The van der Waals surface area contributed by atoms with Gasteiger partial charge >= 0.3 is 0 Å². The molecule has 2 aromatic rings. The van der Waals surface area contributed by atoms with Gasteiger partial charge < -0.3 is 5.32 Å². The fraction of sp³-hybridized carbons (Fsp3) is 0.294. The number of pyridine rings is 1. The molecule has 5 nitrogen and oxygen atoms in total. The molecule has 0 aliphatic heterocycles. The minimum atomic E-state index is -1.23. The number of carbonyl (C=O) groups is 1. The first-order valence-electron chi connectivity index (χ1n) is 7.95. The standard InChI is InChI=1S/C17H15BBrF2N3O2/c1-8-4-11(18)16(22-6-8)23-15-10(5-12(19)13(20)14(15)21)17(25)24-26-7-9-2-3-9/h4-6,9H,2-3,7H2,1H3,(H,22,23)(H,24,25). The second-order valence-electron chi connectivity index (χ2n) is 6.17. The first kappa shape index (κ1) is 18.8. The highest BCUT2D eigenvalue weighted by Gasteiger charge is 2.25. The molecule has 1 fully saturated rings. The van der Waals surface area contributed by atoms with Gasteiger partial charge in [0.2, 0.25) is 0 Å². The molecular formula is C17H15BBrF2N3O2. The first-order valence-corrected chi connectivity index (χ1v) is 8.75. The second-order valence-corrected chi connectivity index (χ2v) is 7.02. The fourth-order valence-corrected chi connectivity index (χ4v) is 2.68. The Balaban J connectivity index is 1.90. The zero-order valence-electron chi connectivity index (χ0n) is 13.9. The molecule has 0 bridgehead atoms. The summed E-state index contributed by atoms with van der Waals surface area (Å²) < 4.78 is 28.3. The molecule has 0 spiro atoms. The third-order valence-electron chi connectivity index (χ3n) is 3.89. The molecule has 1 saturated carbocycles. The number of hydroxylamine groups is 1. The average Bonchev–Trinajstić information content (AvgIpc) is 3.41. The topological polar surface area (TPSA) is 63.2 Å². The molecular weight excluding hydrogens is 407 g/mol. The molecule has 3 rings (SSSR count). The second kappa shape index (κ2) is 7.71. The molecule has 26 heavy (non-hydrogen) atoms. The van der Waals surface area contributed by atoms with Crippen LogP contribution in [0.25, 0.3) is 0 Å². The van der Waals surface area contributed by atoms with E-state index in [1.54, 1.807) is 13.0 Å². The predicted octanol–water partition coefficient (Wildman–Crippen LogP) is 3.04. The van der Waals surface area contributed by atoms with E-state index in [1.165, 1.54) is 12.3 Å². The van der Waals surface area contributed by atoms with Gasteiger partial charge in [-0.25, -0.2) is 19.2 Å². The highest BCUT2D eigenvalue weighted by Crippen LogP contribution is 2.31. The van der Waals surface area contributed by atoms with Gasteiger partial charge in [0.25, 0.3) is 5.91 Å². The maximum Gasteiger partial charge on any atom is 0.277 e. The molecule has 1 amide bonds. The zero-order chi connectivity index (χ0) is 18.8. The highest BCUT2D eigenvalue weighted by atomic mass is 79.9. The third-order valence-corrected chi connectivity index (χ3v) is 4.46. The SMILES string of the molecule is [B]c1cc(C)cnc1Nc1c(C(=O)NOCC2CC2)cc(Br)c(F)c1F. The Kier molecular flexibility index (Phi) is 5.57. The maximum absolute atomic E-state index is 14.5. The summed E-state index contributed by atoms with van der Waals surface area (Å²) in [6.45, 7) is 2.18. The summed E-state index contributed by atoms with van der Waals surface area (Å²) in [4.78, 5) is 21.6. The Morgan fingerprint density at radius 1 is 1.38 bits per heavy atom. The summed E-state index contributed by atoms with van der Waals surface area (Å²) in [7, 11) is 5.86. The van der Waals surface area contributed by atoms with Crippen LogP contribution in [-0.2, 0) is 4.84 Å². The van der Waals surface area contributed by atoms with Crippen LogP contribution in [0, 0.1) is 24.5 Å². The fourth-order valence-electron chi connectivity index (χ4n) is 2.28. The molecule has 1 aromatic heterocycles. The third kappa shape index (κ3) is 4.21. The maximum atomic E-state index is 14.5. The van der Waals surface area contributed by atoms with Crippen LogP contribution in [0.1, 0.15) is 28.8 Å². The molecule has 0 saturated heterocycles. The van der Waals surface area contributed by atoms with Crippen LogP contribution < -0.4 is 16.3 Å². The van der Waals surface area contributed by atoms with Crippen molar-refractivity contribution in [2.45, 2.75) is 19.8 Å². The Morgan fingerprint density at radius 3 is 2.77 bits per heavy atom. The summed E-state index contributed by atoms with van der Waals surface area (Å²) in [5.41, 5.74) is 2.78. The molecule has 1 aromatic carbocycles. The van der Waals surface area contributed by atoms with Gasteiger partial charge in [-0.1, -0.05) is 11.5 Å². The molecule has 1 heterocycles. The monoisotopic (exact) mass is 421 g/mol. The Bertz CT molecular complexity index is 862. The van der Waals surface area contributed by atoms with Gasteiger partial charge in [0.1, 0.15) is 13.7 Å². The zero-order valence-corrected chi connectivity index (χ0v) is 15.5. The van der Waals surface area contributed by atoms with E-state index < -0.39 is 17.5 Å². The van der Waals surface area contributed by atoms with Gasteiger partial charge in [-0.15, -0.1) is 0 Å². The average molecular weight is 422 g/mol. The van der Waals surface area contributed by atoms with Crippen LogP contribution in [0.4, 0.5) is 20.3 Å². The Morgan fingerprint density at radius 2 is 2.12 bits per heavy atom. The van der Waals surface area contributed by atoms with E-state index in [9.17, 15) is 13.6 Å². The smallest absolute Gasteiger partial charge is 0.277 e. The predicted molar refractivity (Wildman–Crippen MR) is 97.8 cm³/mol. The lowest BCUT2D eigenvalue weighted by molar-refractivity contribution is 0.0270. The van der Waals surface area contributed by atoms with Crippen molar-refractivity contribution in [3.05, 3.63) is 45.6 Å². The van der Waals surface area contributed by atoms with Crippen molar-refractivity contribution in [3.63, 3.8) is 0 Å². The van der Waals surface area contributed by atoms with Crippen molar-refractivity contribution in [2.75, 3.05) is 11.9 Å². The number of hydrogen-bond acceptors (Lipinski definition) is 4. The van der Waals surface area contributed by atoms with E-state index in [-0.39, 0.29) is 27.0 Å². The van der Waals surface area contributed by atoms with Gasteiger partial charge in [0.15, 0.2) is 11.6 Å². The van der Waals surface area contributed by atoms with E-state index in [0.717, 1.165) is 18.4 Å². The summed E-state index contributed by atoms with van der Waals surface area (Å²) >= 11 is 2.91. The van der Waals surface area contributed by atoms with Gasteiger partial charge in [0.05, 0.1) is 22.3 Å². The summed E-state index contributed by atoms with van der Waals surface area (Å²) in [6, 6.07) is 2.79. The lowest BCUT2D eigenvalue weighted by Gasteiger charge is -2.16. The number of carbonyl (C=O) groups excluding carboxylic acids is 1. The van der Waals surface area contributed by atoms with E-state index in [0.29, 0.717) is 12.5 Å². The quantitative estimate of drug-likeness (QED) is 0.427. The van der Waals surface area contributed by atoms with Crippen LogP contribution in [0.15, 0.2) is 22.8 Å². The molecule has 0 atom stereocenters. The molecule has 2 N–H and O–H groups in total. The Hall–Kier alpha value is -2.00. The van der Waals surface area contributed by atoms with E-state index in [4.69, 9.17) is 12.7 Å². The molecule has 9 heteroatoms. The van der Waals surface area contributed by atoms with Crippen molar-refractivity contribution in [1.29, 1.82) is 0 Å². The van der Waals surface area contributed by atoms with Crippen LogP contribution in [0.3, 0.4) is 0 Å². The van der Waals surface area contributed by atoms with E-state index >= 15 is 0 Å². The lowest BCUT2D eigenvalue weighted by atomic mass is 9.95. The number of hydrogen-bond donors (Lipinski definition) is 2. The van der Waals surface area contributed by atoms with Crippen molar-refractivity contribution in [3.8, 4) is 0 Å². The van der Waals surface area contributed by atoms with Crippen LogP contribution in [0.5, 0.6) is 0 Å². The number of aromatic nitrogens is 1. The summed E-state index contributed by atoms with van der Waals surface area (Å²) in [6.07, 6.45) is 3.62. The van der Waals surface area contributed by atoms with Gasteiger partial charge in [0, 0.05) is 6.20 Å². The minimum absolute atomic E-state index is 0.115. The Labute approximate surface area is 159 Å². The molecule has 134 valence electrons. The van der Waals surface area contributed by atoms with E-state index in [2.05, 4.69) is 31.7 Å². The number of rotatable bonds is 6. The molecule has 1 aliphatic carbocycles. The highest BCUT2D eigenvalue weighted by molar-refractivity contribution is 9.10. The van der Waals surface area contributed by atoms with Gasteiger partial charge in [-0.3, -0.25) is 9.63 Å². The number of amides is 1. The molecule has 1 aliphatic rings.